The van der Waals surface area contributed by atoms with Gasteiger partial charge in [-0.05, 0) is 31.2 Å². The molecule has 0 aromatic heterocycles. The summed E-state index contributed by atoms with van der Waals surface area (Å²) in [6.45, 7) is 1.43. The minimum absolute atomic E-state index is 0.0695. The Morgan fingerprint density at radius 2 is 2.00 bits per heavy atom. The second-order valence-corrected chi connectivity index (χ2v) is 4.49. The van der Waals surface area contributed by atoms with Gasteiger partial charge in [0, 0.05) is 16.7 Å². The van der Waals surface area contributed by atoms with E-state index in [9.17, 15) is 14.9 Å². The second kappa shape index (κ2) is 5.71. The highest BCUT2D eigenvalue weighted by atomic mass is 35.5. The average molecular weight is 292 g/mol. The largest absolute Gasteiger partial charge is 0.450 e. The molecule has 0 atom stereocenters. The molecular formula is C14H10ClNO4. The number of hydrogen-bond acceptors (Lipinski definition) is 4. The van der Waals surface area contributed by atoms with Gasteiger partial charge in [-0.2, -0.15) is 0 Å². The normalized spacial score (nSPS) is 10.1. The van der Waals surface area contributed by atoms with Crippen LogP contribution in [0.5, 0.6) is 11.5 Å². The predicted octanol–water partition coefficient (Wildman–Crippen LogP) is 4.24. The van der Waals surface area contributed by atoms with Crippen LogP contribution in [0.1, 0.15) is 17.3 Å². The first-order valence-corrected chi connectivity index (χ1v) is 6.08. The van der Waals surface area contributed by atoms with Crippen LogP contribution in [0.2, 0.25) is 5.02 Å². The number of carbonyl (C=O) groups is 1. The fraction of sp³-hybridized carbons (Fsp3) is 0.0714. The standard InChI is InChI=1S/C14H10ClNO4/c1-9(17)10-3-2-4-12(7-10)20-14-6-5-11(15)8-13(14)16(18)19/h2-8H,1H3. The van der Waals surface area contributed by atoms with Gasteiger partial charge in [-0.1, -0.05) is 23.7 Å². The van der Waals surface area contributed by atoms with Crippen molar-refractivity contribution in [1.29, 1.82) is 0 Å². The zero-order valence-corrected chi connectivity index (χ0v) is 11.3. The summed E-state index contributed by atoms with van der Waals surface area (Å²) in [5.74, 6) is 0.310. The fourth-order valence-corrected chi connectivity index (χ4v) is 1.79. The van der Waals surface area contributed by atoms with Crippen LogP contribution in [0.3, 0.4) is 0 Å². The van der Waals surface area contributed by atoms with Crippen LogP contribution in [0.15, 0.2) is 42.5 Å². The van der Waals surface area contributed by atoms with Gasteiger partial charge in [-0.25, -0.2) is 0 Å². The molecule has 0 N–H and O–H groups in total. The van der Waals surface area contributed by atoms with Crippen molar-refractivity contribution in [3.05, 3.63) is 63.2 Å². The third-order valence-electron chi connectivity index (χ3n) is 2.59. The molecule has 6 heteroatoms. The van der Waals surface area contributed by atoms with Gasteiger partial charge >= 0.3 is 5.69 Å². The Kier molecular flexibility index (Phi) is 4.00. The van der Waals surface area contributed by atoms with Gasteiger partial charge in [-0.3, -0.25) is 14.9 Å². The maximum absolute atomic E-state index is 11.3. The van der Waals surface area contributed by atoms with Crippen molar-refractivity contribution in [2.45, 2.75) is 6.92 Å². The van der Waals surface area contributed by atoms with Gasteiger partial charge in [0.2, 0.25) is 5.75 Å². The van der Waals surface area contributed by atoms with Gasteiger partial charge in [0.25, 0.3) is 0 Å². The zero-order valence-electron chi connectivity index (χ0n) is 10.5. The van der Waals surface area contributed by atoms with E-state index in [1.165, 1.54) is 31.2 Å². The number of nitro groups is 1. The second-order valence-electron chi connectivity index (χ2n) is 4.06. The van der Waals surface area contributed by atoms with Crippen LogP contribution in [-0.4, -0.2) is 10.7 Å². The highest BCUT2D eigenvalue weighted by Crippen LogP contribution is 2.33. The van der Waals surface area contributed by atoms with Crippen molar-refractivity contribution in [3.63, 3.8) is 0 Å². The molecule has 0 heterocycles. The molecule has 20 heavy (non-hydrogen) atoms. The van der Waals surface area contributed by atoms with Gasteiger partial charge in [0.1, 0.15) is 5.75 Å². The summed E-state index contributed by atoms with van der Waals surface area (Å²) in [6, 6.07) is 10.6. The van der Waals surface area contributed by atoms with E-state index in [-0.39, 0.29) is 22.2 Å². The topological polar surface area (TPSA) is 69.4 Å². The van der Waals surface area contributed by atoms with E-state index in [0.29, 0.717) is 11.3 Å². The zero-order chi connectivity index (χ0) is 14.7. The number of rotatable bonds is 4. The third-order valence-corrected chi connectivity index (χ3v) is 2.82. The van der Waals surface area contributed by atoms with Crippen LogP contribution in [0, 0.1) is 10.1 Å². The number of ketones is 1. The van der Waals surface area contributed by atoms with Gasteiger partial charge in [0.05, 0.1) is 4.92 Å². The summed E-state index contributed by atoms with van der Waals surface area (Å²) in [5.41, 5.74) is 0.241. The Hall–Kier alpha value is -2.40. The summed E-state index contributed by atoms with van der Waals surface area (Å²) in [5, 5.41) is 11.2. The van der Waals surface area contributed by atoms with E-state index in [0.717, 1.165) is 0 Å². The maximum atomic E-state index is 11.3. The monoisotopic (exact) mass is 291 g/mol. The first-order chi connectivity index (χ1) is 9.47. The summed E-state index contributed by atoms with van der Waals surface area (Å²) in [4.78, 5) is 21.7. The van der Waals surface area contributed by atoms with Crippen LogP contribution < -0.4 is 4.74 Å². The Morgan fingerprint density at radius 3 is 2.65 bits per heavy atom. The van der Waals surface area contributed by atoms with Crippen molar-refractivity contribution >= 4 is 23.1 Å². The highest BCUT2D eigenvalue weighted by molar-refractivity contribution is 6.30. The van der Waals surface area contributed by atoms with E-state index < -0.39 is 4.92 Å². The number of ether oxygens (including phenoxy) is 1. The molecule has 0 fully saturated rings. The number of benzene rings is 2. The van der Waals surface area contributed by atoms with E-state index in [4.69, 9.17) is 16.3 Å². The number of carbonyl (C=O) groups excluding carboxylic acids is 1. The minimum Gasteiger partial charge on any atom is -0.450 e. The van der Waals surface area contributed by atoms with E-state index >= 15 is 0 Å². The molecule has 0 radical (unpaired) electrons. The summed E-state index contributed by atoms with van der Waals surface area (Å²) in [7, 11) is 0. The number of hydrogen-bond donors (Lipinski definition) is 0. The van der Waals surface area contributed by atoms with Crippen LogP contribution >= 0.6 is 11.6 Å². The van der Waals surface area contributed by atoms with Gasteiger partial charge < -0.3 is 4.74 Å². The molecule has 0 unspecified atom stereocenters. The Bertz CT molecular complexity index is 685. The molecular weight excluding hydrogens is 282 g/mol. The van der Waals surface area contributed by atoms with Crippen molar-refractivity contribution in [1.82, 2.24) is 0 Å². The quantitative estimate of drug-likeness (QED) is 0.480. The van der Waals surface area contributed by atoms with Crippen LogP contribution in [0.25, 0.3) is 0 Å². The number of nitro benzene ring substituents is 1. The van der Waals surface area contributed by atoms with Gasteiger partial charge in [-0.15, -0.1) is 0 Å². The Labute approximate surface area is 119 Å². The highest BCUT2D eigenvalue weighted by Gasteiger charge is 2.16. The lowest BCUT2D eigenvalue weighted by Gasteiger charge is -2.07. The van der Waals surface area contributed by atoms with E-state index in [1.807, 2.05) is 0 Å². The molecule has 0 aliphatic carbocycles. The predicted molar refractivity (Wildman–Crippen MR) is 74.6 cm³/mol. The summed E-state index contributed by atoms with van der Waals surface area (Å²) in [6.07, 6.45) is 0. The van der Waals surface area contributed by atoms with Crippen molar-refractivity contribution < 1.29 is 14.5 Å². The van der Waals surface area contributed by atoms with E-state index in [2.05, 4.69) is 0 Å². The molecule has 0 aliphatic heterocycles. The lowest BCUT2D eigenvalue weighted by Crippen LogP contribution is -1.95. The molecule has 2 aromatic rings. The van der Waals surface area contributed by atoms with Crippen LogP contribution in [0.4, 0.5) is 5.69 Å². The number of nitrogens with zero attached hydrogens (tertiary/aromatic N) is 1. The first kappa shape index (κ1) is 14.0. The molecule has 5 nitrogen and oxygen atoms in total. The number of halogens is 1. The van der Waals surface area contributed by atoms with E-state index in [1.54, 1.807) is 18.2 Å². The SMILES string of the molecule is CC(=O)c1cccc(Oc2ccc(Cl)cc2[N+](=O)[O-])c1. The molecule has 102 valence electrons. The Balaban J connectivity index is 2.37. The smallest absolute Gasteiger partial charge is 0.313 e. The molecule has 0 bridgehead atoms. The maximum Gasteiger partial charge on any atom is 0.313 e. The van der Waals surface area contributed by atoms with Crippen molar-refractivity contribution in [2.24, 2.45) is 0 Å². The first-order valence-electron chi connectivity index (χ1n) is 5.70. The molecule has 0 saturated carbocycles. The van der Waals surface area contributed by atoms with Crippen molar-refractivity contribution in [3.8, 4) is 11.5 Å². The molecule has 0 spiro atoms. The fourth-order valence-electron chi connectivity index (χ4n) is 1.63. The third kappa shape index (κ3) is 3.13. The molecule has 0 amide bonds. The average Bonchev–Trinajstić information content (AvgIpc) is 2.41. The molecule has 0 aliphatic rings. The van der Waals surface area contributed by atoms with Gasteiger partial charge in [0.15, 0.2) is 5.78 Å². The lowest BCUT2D eigenvalue weighted by atomic mass is 10.1. The van der Waals surface area contributed by atoms with Crippen LogP contribution in [-0.2, 0) is 0 Å². The summed E-state index contributed by atoms with van der Waals surface area (Å²) >= 11 is 5.73. The molecule has 2 rings (SSSR count). The van der Waals surface area contributed by atoms with Crippen molar-refractivity contribution in [2.75, 3.05) is 0 Å². The number of Topliss-reactive ketones (excluding diaryl/α,β-unsaturated/α-hetero) is 1. The summed E-state index contributed by atoms with van der Waals surface area (Å²) < 4.78 is 5.46. The minimum atomic E-state index is -0.573. The lowest BCUT2D eigenvalue weighted by molar-refractivity contribution is -0.385. The Morgan fingerprint density at radius 1 is 1.25 bits per heavy atom. The molecule has 2 aromatic carbocycles. The molecule has 0 saturated heterocycles.